The number of hydrogen-bond acceptors (Lipinski definition) is 1. The Labute approximate surface area is 136 Å². The highest BCUT2D eigenvalue weighted by Gasteiger charge is 2.30. The summed E-state index contributed by atoms with van der Waals surface area (Å²) < 4.78 is 37.9. The molecule has 0 aliphatic heterocycles. The van der Waals surface area contributed by atoms with Crippen molar-refractivity contribution in [1.82, 2.24) is 0 Å². The Morgan fingerprint density at radius 3 is 2.27 bits per heavy atom. The fourth-order valence-electron chi connectivity index (χ4n) is 1.79. The number of rotatable bonds is 2. The fraction of sp³-hybridized carbons (Fsp3) is 0.133. The Morgan fingerprint density at radius 2 is 1.68 bits per heavy atom. The smallest absolute Gasteiger partial charge is 0.332 e. The van der Waals surface area contributed by atoms with Gasteiger partial charge >= 0.3 is 6.18 Å². The summed E-state index contributed by atoms with van der Waals surface area (Å²) in [6, 6.07) is 10.1. The van der Waals surface area contributed by atoms with Gasteiger partial charge in [-0.05, 0) is 61.1 Å². The van der Waals surface area contributed by atoms with Gasteiger partial charge in [0.05, 0.1) is 5.56 Å². The molecule has 0 saturated carbocycles. The highest BCUT2D eigenvalue weighted by Crippen LogP contribution is 2.30. The Morgan fingerprint density at radius 1 is 1.05 bits per heavy atom. The number of thiocarbonyl (C=S) groups is 1. The Hall–Kier alpha value is -1.79. The molecule has 0 aromatic heterocycles. The minimum Gasteiger partial charge on any atom is -0.332 e. The Kier molecular flexibility index (Phi) is 4.93. The maximum absolute atomic E-state index is 12.6. The van der Waals surface area contributed by atoms with Gasteiger partial charge in [0.15, 0.2) is 5.11 Å². The second-order valence-electron chi connectivity index (χ2n) is 4.62. The van der Waals surface area contributed by atoms with Crippen LogP contribution in [-0.4, -0.2) is 5.11 Å². The van der Waals surface area contributed by atoms with E-state index in [1.165, 1.54) is 12.1 Å². The topological polar surface area (TPSA) is 24.1 Å². The van der Waals surface area contributed by atoms with Crippen LogP contribution in [0.4, 0.5) is 24.5 Å². The van der Waals surface area contributed by atoms with Crippen molar-refractivity contribution in [1.29, 1.82) is 0 Å². The summed E-state index contributed by atoms with van der Waals surface area (Å²) in [6.45, 7) is 1.84. The van der Waals surface area contributed by atoms with Gasteiger partial charge in [-0.3, -0.25) is 0 Å². The number of anilines is 2. The van der Waals surface area contributed by atoms with Gasteiger partial charge in [-0.1, -0.05) is 17.7 Å². The molecule has 0 unspecified atom stereocenters. The second kappa shape index (κ2) is 6.54. The van der Waals surface area contributed by atoms with Crippen molar-refractivity contribution in [2.75, 3.05) is 10.6 Å². The predicted molar refractivity (Wildman–Crippen MR) is 87.5 cm³/mol. The van der Waals surface area contributed by atoms with E-state index in [9.17, 15) is 13.2 Å². The van der Waals surface area contributed by atoms with Crippen LogP contribution < -0.4 is 10.6 Å². The van der Waals surface area contributed by atoms with Crippen molar-refractivity contribution in [2.24, 2.45) is 0 Å². The monoisotopic (exact) mass is 344 g/mol. The largest absolute Gasteiger partial charge is 0.416 e. The van der Waals surface area contributed by atoms with E-state index in [4.69, 9.17) is 23.8 Å². The highest BCUT2D eigenvalue weighted by atomic mass is 35.5. The molecule has 2 N–H and O–H groups in total. The number of hydrogen-bond donors (Lipinski definition) is 2. The molecule has 0 aliphatic carbocycles. The van der Waals surface area contributed by atoms with E-state index in [-0.39, 0.29) is 10.8 Å². The molecule has 0 bridgehead atoms. The molecule has 2 rings (SSSR count). The molecule has 2 aromatic rings. The second-order valence-corrected chi connectivity index (χ2v) is 5.44. The summed E-state index contributed by atoms with van der Waals surface area (Å²) in [5, 5.41) is 6.44. The summed E-state index contributed by atoms with van der Waals surface area (Å²) in [5.41, 5.74) is 1.10. The number of benzene rings is 2. The molecular weight excluding hydrogens is 333 g/mol. The SMILES string of the molecule is Cc1cc(NC(=S)Nc2cccc(C(F)(F)F)c2)ccc1Cl. The molecule has 0 heterocycles. The highest BCUT2D eigenvalue weighted by molar-refractivity contribution is 7.80. The minimum absolute atomic E-state index is 0.195. The lowest BCUT2D eigenvalue weighted by atomic mass is 10.2. The molecule has 7 heteroatoms. The van der Waals surface area contributed by atoms with Crippen LogP contribution in [0.5, 0.6) is 0 Å². The van der Waals surface area contributed by atoms with Crippen LogP contribution in [0.15, 0.2) is 42.5 Å². The first kappa shape index (κ1) is 16.6. The van der Waals surface area contributed by atoms with Gasteiger partial charge in [-0.2, -0.15) is 13.2 Å². The van der Waals surface area contributed by atoms with Crippen molar-refractivity contribution < 1.29 is 13.2 Å². The minimum atomic E-state index is -4.39. The molecule has 0 amide bonds. The van der Waals surface area contributed by atoms with E-state index in [0.717, 1.165) is 17.7 Å². The molecule has 0 aliphatic rings. The normalized spacial score (nSPS) is 11.1. The number of nitrogens with one attached hydrogen (secondary N) is 2. The summed E-state index contributed by atoms with van der Waals surface area (Å²) in [6.07, 6.45) is -4.39. The summed E-state index contributed by atoms with van der Waals surface area (Å²) in [4.78, 5) is 0. The molecule has 0 atom stereocenters. The van der Waals surface area contributed by atoms with Crippen LogP contribution in [0.1, 0.15) is 11.1 Å². The average Bonchev–Trinajstić information content (AvgIpc) is 2.42. The van der Waals surface area contributed by atoms with Gasteiger partial charge in [0, 0.05) is 16.4 Å². The standard InChI is InChI=1S/C15H12ClF3N2S/c1-9-7-12(5-6-13(9)16)21-14(22)20-11-4-2-3-10(8-11)15(17,18)19/h2-8H,1H3,(H2,20,21,22). The lowest BCUT2D eigenvalue weighted by Gasteiger charge is -2.13. The maximum Gasteiger partial charge on any atom is 0.416 e. The van der Waals surface area contributed by atoms with Crippen LogP contribution in [0, 0.1) is 6.92 Å². The van der Waals surface area contributed by atoms with E-state index < -0.39 is 11.7 Å². The molecule has 116 valence electrons. The predicted octanol–water partition coefficient (Wildman–Crippen LogP) is 5.48. The zero-order valence-electron chi connectivity index (χ0n) is 11.5. The van der Waals surface area contributed by atoms with Crippen LogP contribution in [0.3, 0.4) is 0 Å². The fourth-order valence-corrected chi connectivity index (χ4v) is 2.14. The summed E-state index contributed by atoms with van der Waals surface area (Å²) >= 11 is 11.0. The summed E-state index contributed by atoms with van der Waals surface area (Å²) in [7, 11) is 0. The molecule has 0 saturated heterocycles. The van der Waals surface area contributed by atoms with Gasteiger partial charge in [-0.15, -0.1) is 0 Å². The van der Waals surface area contributed by atoms with E-state index in [0.29, 0.717) is 10.7 Å². The van der Waals surface area contributed by atoms with Crippen LogP contribution in [-0.2, 0) is 6.18 Å². The molecule has 0 fully saturated rings. The lowest BCUT2D eigenvalue weighted by molar-refractivity contribution is -0.137. The first-order valence-electron chi connectivity index (χ1n) is 6.27. The van der Waals surface area contributed by atoms with E-state index in [2.05, 4.69) is 10.6 Å². The van der Waals surface area contributed by atoms with Gasteiger partial charge < -0.3 is 10.6 Å². The first-order valence-corrected chi connectivity index (χ1v) is 7.06. The average molecular weight is 345 g/mol. The molecule has 22 heavy (non-hydrogen) atoms. The van der Waals surface area contributed by atoms with Crippen molar-refractivity contribution in [3.63, 3.8) is 0 Å². The van der Waals surface area contributed by atoms with Crippen molar-refractivity contribution >= 4 is 40.3 Å². The van der Waals surface area contributed by atoms with Crippen molar-refractivity contribution in [3.8, 4) is 0 Å². The van der Waals surface area contributed by atoms with Crippen LogP contribution in [0.25, 0.3) is 0 Å². The number of aryl methyl sites for hydroxylation is 1. The quantitative estimate of drug-likeness (QED) is 0.706. The molecule has 0 spiro atoms. The maximum atomic E-state index is 12.6. The van der Waals surface area contributed by atoms with Crippen LogP contribution in [0.2, 0.25) is 5.02 Å². The molecular formula is C15H12ClF3N2S. The molecule has 2 aromatic carbocycles. The third kappa shape index (κ3) is 4.35. The third-order valence-electron chi connectivity index (χ3n) is 2.86. The number of halogens is 4. The van der Waals surface area contributed by atoms with E-state index in [1.54, 1.807) is 18.2 Å². The Bertz CT molecular complexity index is 701. The van der Waals surface area contributed by atoms with E-state index in [1.807, 2.05) is 6.92 Å². The number of alkyl halides is 3. The third-order valence-corrected chi connectivity index (χ3v) is 3.49. The molecule has 2 nitrogen and oxygen atoms in total. The zero-order valence-corrected chi connectivity index (χ0v) is 13.0. The van der Waals surface area contributed by atoms with Crippen LogP contribution >= 0.6 is 23.8 Å². The van der Waals surface area contributed by atoms with Crippen molar-refractivity contribution in [3.05, 3.63) is 58.6 Å². The van der Waals surface area contributed by atoms with Gasteiger partial charge in [0.25, 0.3) is 0 Å². The van der Waals surface area contributed by atoms with Gasteiger partial charge in [0.1, 0.15) is 0 Å². The molecule has 0 radical (unpaired) electrons. The van der Waals surface area contributed by atoms with E-state index >= 15 is 0 Å². The van der Waals surface area contributed by atoms with Crippen molar-refractivity contribution in [2.45, 2.75) is 13.1 Å². The lowest BCUT2D eigenvalue weighted by Crippen LogP contribution is -2.19. The van der Waals surface area contributed by atoms with Gasteiger partial charge in [0.2, 0.25) is 0 Å². The van der Waals surface area contributed by atoms with Gasteiger partial charge in [-0.25, -0.2) is 0 Å². The zero-order chi connectivity index (χ0) is 16.3. The Balaban J connectivity index is 2.07. The summed E-state index contributed by atoms with van der Waals surface area (Å²) in [5.74, 6) is 0. The first-order chi connectivity index (χ1) is 10.3.